The Morgan fingerprint density at radius 2 is 2.50 bits per heavy atom. The molecule has 0 spiro atoms. The molecule has 0 bridgehead atoms. The SMILES string of the molecule is O=C(CS)N1CCOCC1CO. The summed E-state index contributed by atoms with van der Waals surface area (Å²) in [6, 6.07) is -0.182. The average molecular weight is 191 g/mol. The number of amides is 1. The molecule has 1 heterocycles. The van der Waals surface area contributed by atoms with Gasteiger partial charge in [-0.3, -0.25) is 4.79 Å². The van der Waals surface area contributed by atoms with Gasteiger partial charge in [0.2, 0.25) is 5.91 Å². The van der Waals surface area contributed by atoms with Crippen LogP contribution in [0.3, 0.4) is 0 Å². The maximum atomic E-state index is 11.2. The number of aliphatic hydroxyl groups is 1. The zero-order valence-electron chi connectivity index (χ0n) is 6.77. The fraction of sp³-hybridized carbons (Fsp3) is 0.857. The standard InChI is InChI=1S/C7H13NO3S/c9-3-6-4-11-2-1-8(6)7(10)5-12/h6,9,12H,1-5H2. The number of ether oxygens (including phenoxy) is 1. The van der Waals surface area contributed by atoms with E-state index in [1.165, 1.54) is 0 Å². The van der Waals surface area contributed by atoms with Gasteiger partial charge in [-0.1, -0.05) is 0 Å². The molecule has 4 nitrogen and oxygen atoms in total. The van der Waals surface area contributed by atoms with E-state index in [0.717, 1.165) is 0 Å². The van der Waals surface area contributed by atoms with Gasteiger partial charge >= 0.3 is 0 Å². The van der Waals surface area contributed by atoms with Gasteiger partial charge in [0.05, 0.1) is 31.6 Å². The number of nitrogens with zero attached hydrogens (tertiary/aromatic N) is 1. The third kappa shape index (κ3) is 2.12. The highest BCUT2D eigenvalue weighted by Crippen LogP contribution is 2.06. The number of carbonyl (C=O) groups excluding carboxylic acids is 1. The summed E-state index contributed by atoms with van der Waals surface area (Å²) in [5.74, 6) is 0.150. The minimum atomic E-state index is -0.182. The van der Waals surface area contributed by atoms with E-state index >= 15 is 0 Å². The van der Waals surface area contributed by atoms with E-state index < -0.39 is 0 Å². The molecule has 1 rings (SSSR count). The summed E-state index contributed by atoms with van der Waals surface area (Å²) in [7, 11) is 0. The first-order chi connectivity index (χ1) is 5.79. The van der Waals surface area contributed by atoms with E-state index in [-0.39, 0.29) is 24.3 Å². The topological polar surface area (TPSA) is 49.8 Å². The van der Waals surface area contributed by atoms with Crippen molar-refractivity contribution in [3.8, 4) is 0 Å². The van der Waals surface area contributed by atoms with E-state index in [1.54, 1.807) is 4.90 Å². The van der Waals surface area contributed by atoms with Crippen LogP contribution in [0.1, 0.15) is 0 Å². The van der Waals surface area contributed by atoms with Gasteiger partial charge in [0.1, 0.15) is 0 Å². The van der Waals surface area contributed by atoms with E-state index in [4.69, 9.17) is 9.84 Å². The second kappa shape index (κ2) is 4.69. The van der Waals surface area contributed by atoms with Crippen LogP contribution in [0.15, 0.2) is 0 Å². The van der Waals surface area contributed by atoms with Crippen LogP contribution >= 0.6 is 12.6 Å². The lowest BCUT2D eigenvalue weighted by molar-refractivity contribution is -0.138. The van der Waals surface area contributed by atoms with Gasteiger partial charge in [0.25, 0.3) is 0 Å². The van der Waals surface area contributed by atoms with Gasteiger partial charge in [0.15, 0.2) is 0 Å². The molecule has 1 aliphatic rings. The van der Waals surface area contributed by atoms with Gasteiger partial charge in [-0.2, -0.15) is 12.6 Å². The Hall–Kier alpha value is -0.260. The molecule has 1 unspecified atom stereocenters. The van der Waals surface area contributed by atoms with Crippen LogP contribution in [0.5, 0.6) is 0 Å². The molecule has 0 aromatic heterocycles. The first-order valence-corrected chi connectivity index (χ1v) is 4.51. The summed E-state index contributed by atoms with van der Waals surface area (Å²) in [4.78, 5) is 12.8. The second-order valence-corrected chi connectivity index (χ2v) is 2.97. The van der Waals surface area contributed by atoms with E-state index in [0.29, 0.717) is 19.8 Å². The number of morpholine rings is 1. The molecule has 1 aliphatic heterocycles. The van der Waals surface area contributed by atoms with Crippen LogP contribution in [0.25, 0.3) is 0 Å². The quantitative estimate of drug-likeness (QED) is 0.558. The molecule has 0 aromatic carbocycles. The average Bonchev–Trinajstić information content (AvgIpc) is 2.16. The van der Waals surface area contributed by atoms with Crippen molar-refractivity contribution in [2.75, 3.05) is 32.1 Å². The lowest BCUT2D eigenvalue weighted by atomic mass is 10.2. The molecule has 1 amide bonds. The van der Waals surface area contributed by atoms with Gasteiger partial charge < -0.3 is 14.7 Å². The zero-order valence-corrected chi connectivity index (χ0v) is 7.67. The Labute approximate surface area is 76.9 Å². The zero-order chi connectivity index (χ0) is 8.97. The molecule has 1 saturated heterocycles. The molecular weight excluding hydrogens is 178 g/mol. The monoisotopic (exact) mass is 191 g/mol. The largest absolute Gasteiger partial charge is 0.394 e. The van der Waals surface area contributed by atoms with Gasteiger partial charge in [-0.15, -0.1) is 0 Å². The summed E-state index contributed by atoms with van der Waals surface area (Å²) in [6.07, 6.45) is 0. The number of carbonyl (C=O) groups is 1. The van der Waals surface area contributed by atoms with Crippen molar-refractivity contribution in [3.63, 3.8) is 0 Å². The van der Waals surface area contributed by atoms with Crippen LogP contribution in [0.2, 0.25) is 0 Å². The van der Waals surface area contributed by atoms with Crippen LogP contribution in [0, 0.1) is 0 Å². The summed E-state index contributed by atoms with van der Waals surface area (Å²) in [5, 5.41) is 8.91. The second-order valence-electron chi connectivity index (χ2n) is 2.66. The van der Waals surface area contributed by atoms with Gasteiger partial charge in [-0.05, 0) is 0 Å². The molecule has 1 fully saturated rings. The minimum Gasteiger partial charge on any atom is -0.394 e. The Morgan fingerprint density at radius 3 is 3.08 bits per heavy atom. The van der Waals surface area contributed by atoms with E-state index in [9.17, 15) is 4.79 Å². The molecule has 0 aliphatic carbocycles. The molecule has 0 radical (unpaired) electrons. The number of hydrogen-bond donors (Lipinski definition) is 2. The fourth-order valence-corrected chi connectivity index (χ4v) is 1.41. The molecule has 70 valence electrons. The number of aliphatic hydroxyl groups excluding tert-OH is 1. The van der Waals surface area contributed by atoms with Crippen molar-refractivity contribution in [1.82, 2.24) is 4.90 Å². The Kier molecular flexibility index (Phi) is 3.84. The predicted molar refractivity (Wildman–Crippen MR) is 47.3 cm³/mol. The highest BCUT2D eigenvalue weighted by molar-refractivity contribution is 7.81. The van der Waals surface area contributed by atoms with Gasteiger partial charge in [0, 0.05) is 6.54 Å². The number of rotatable bonds is 2. The number of thiol groups is 1. The predicted octanol–water partition coefficient (Wildman–Crippen LogP) is -0.864. The lowest BCUT2D eigenvalue weighted by Gasteiger charge is -2.34. The minimum absolute atomic E-state index is 0.0410. The van der Waals surface area contributed by atoms with Crippen LogP contribution < -0.4 is 0 Å². The fourth-order valence-electron chi connectivity index (χ4n) is 1.23. The lowest BCUT2D eigenvalue weighted by Crippen LogP contribution is -2.50. The van der Waals surface area contributed by atoms with Gasteiger partial charge in [-0.25, -0.2) is 0 Å². The van der Waals surface area contributed by atoms with Crippen molar-refractivity contribution in [2.45, 2.75) is 6.04 Å². The van der Waals surface area contributed by atoms with Crippen LogP contribution in [0.4, 0.5) is 0 Å². The van der Waals surface area contributed by atoms with Crippen molar-refractivity contribution in [3.05, 3.63) is 0 Å². The summed E-state index contributed by atoms with van der Waals surface area (Å²) < 4.78 is 5.12. The van der Waals surface area contributed by atoms with Crippen LogP contribution in [-0.4, -0.2) is 54.1 Å². The Bertz CT molecular complexity index is 165. The molecule has 1 N–H and O–H groups in total. The first kappa shape index (κ1) is 9.83. The summed E-state index contributed by atoms with van der Waals surface area (Å²) >= 11 is 3.89. The van der Waals surface area contributed by atoms with E-state index in [1.807, 2.05) is 0 Å². The Balaban J connectivity index is 2.52. The maximum Gasteiger partial charge on any atom is 0.232 e. The molecule has 0 aromatic rings. The molecule has 5 heteroatoms. The summed E-state index contributed by atoms with van der Waals surface area (Å²) in [5.41, 5.74) is 0. The van der Waals surface area contributed by atoms with Crippen molar-refractivity contribution >= 4 is 18.5 Å². The van der Waals surface area contributed by atoms with E-state index in [2.05, 4.69) is 12.6 Å². The van der Waals surface area contributed by atoms with Crippen molar-refractivity contribution in [2.24, 2.45) is 0 Å². The molecule has 1 atom stereocenters. The highest BCUT2D eigenvalue weighted by atomic mass is 32.1. The molecule has 12 heavy (non-hydrogen) atoms. The third-order valence-electron chi connectivity index (χ3n) is 1.89. The number of hydrogen-bond acceptors (Lipinski definition) is 4. The normalized spacial score (nSPS) is 24.2. The Morgan fingerprint density at radius 1 is 1.75 bits per heavy atom. The first-order valence-electron chi connectivity index (χ1n) is 3.88. The highest BCUT2D eigenvalue weighted by Gasteiger charge is 2.25. The molecular formula is C7H13NO3S. The summed E-state index contributed by atoms with van der Waals surface area (Å²) in [6.45, 7) is 1.50. The smallest absolute Gasteiger partial charge is 0.232 e. The maximum absolute atomic E-state index is 11.2. The van der Waals surface area contributed by atoms with Crippen LogP contribution in [-0.2, 0) is 9.53 Å². The van der Waals surface area contributed by atoms with Crippen molar-refractivity contribution < 1.29 is 14.6 Å². The third-order valence-corrected chi connectivity index (χ3v) is 2.16. The van der Waals surface area contributed by atoms with Crippen molar-refractivity contribution in [1.29, 1.82) is 0 Å². The molecule has 0 saturated carbocycles.